The molecule has 8 rings (SSSR count). The summed E-state index contributed by atoms with van der Waals surface area (Å²) >= 11 is 7.11. The van der Waals surface area contributed by atoms with Crippen molar-refractivity contribution in [1.82, 2.24) is 59.6 Å². The highest BCUT2D eigenvalue weighted by molar-refractivity contribution is 9.11. The fraction of sp³-hybridized carbons (Fsp3) is 0.458. The lowest BCUT2D eigenvalue weighted by Gasteiger charge is -2.33. The topological polar surface area (TPSA) is 119 Å². The Labute approximate surface area is 394 Å². The van der Waals surface area contributed by atoms with E-state index in [-0.39, 0.29) is 6.04 Å². The molecular weight excluding hydrogens is 936 g/mol. The normalized spacial score (nSPS) is 15.7. The van der Waals surface area contributed by atoms with Gasteiger partial charge in [0.15, 0.2) is 0 Å². The Hall–Kier alpha value is -4.58. The summed E-state index contributed by atoms with van der Waals surface area (Å²) in [6, 6.07) is 24.7. The molecule has 0 amide bonds. The highest BCUT2D eigenvalue weighted by atomic mass is 79.9. The summed E-state index contributed by atoms with van der Waals surface area (Å²) in [5.41, 5.74) is 7.72. The predicted molar refractivity (Wildman–Crippen MR) is 258 cm³/mol. The SMILES string of the molecule is Cc1cc(CCN(C)CCN2CCC(n3nnc(C)c3-c3cccc(Oc4cc(Br)ccc4Br)n3)CC2)cc(Oc2cccc(-c3c(C)nnn3C3CCN(CCN(C)C)CC3)n2)c1. The fourth-order valence-corrected chi connectivity index (χ4v) is 9.41. The van der Waals surface area contributed by atoms with Crippen LogP contribution in [0.1, 0.15) is 60.3 Å². The number of aromatic nitrogens is 8. The van der Waals surface area contributed by atoms with Gasteiger partial charge in [-0.1, -0.05) is 44.6 Å². The number of piperidine rings is 2. The third-order valence-corrected chi connectivity index (χ3v) is 13.5. The number of halogens is 2. The highest BCUT2D eigenvalue weighted by Gasteiger charge is 2.27. The summed E-state index contributed by atoms with van der Waals surface area (Å²) < 4.78 is 18.6. The summed E-state index contributed by atoms with van der Waals surface area (Å²) in [4.78, 5) is 19.7. The summed E-state index contributed by atoms with van der Waals surface area (Å²) in [5.74, 6) is 2.58. The summed E-state index contributed by atoms with van der Waals surface area (Å²) in [5, 5.41) is 18.2. The first-order valence-corrected chi connectivity index (χ1v) is 24.0. The molecule has 64 heavy (non-hydrogen) atoms. The van der Waals surface area contributed by atoms with Crippen molar-refractivity contribution < 1.29 is 9.47 Å². The number of hydrogen-bond acceptors (Lipinski definition) is 12. The molecule has 2 fully saturated rings. The first kappa shape index (κ1) is 46.0. The van der Waals surface area contributed by atoms with Crippen molar-refractivity contribution in [2.75, 3.05) is 80.0 Å². The molecule has 0 N–H and O–H groups in total. The van der Waals surface area contributed by atoms with Crippen LogP contribution in [0.4, 0.5) is 0 Å². The molecule has 6 heterocycles. The molecule has 0 saturated carbocycles. The van der Waals surface area contributed by atoms with Crippen molar-refractivity contribution in [2.24, 2.45) is 0 Å². The van der Waals surface area contributed by atoms with Gasteiger partial charge in [0, 0.05) is 75.5 Å². The molecule has 0 atom stereocenters. The van der Waals surface area contributed by atoms with Gasteiger partial charge in [-0.05, 0) is 144 Å². The van der Waals surface area contributed by atoms with E-state index in [0.717, 1.165) is 140 Å². The van der Waals surface area contributed by atoms with Crippen molar-refractivity contribution >= 4 is 31.9 Å². The van der Waals surface area contributed by atoms with E-state index in [4.69, 9.17) is 19.4 Å². The Morgan fingerprint density at radius 2 is 1.20 bits per heavy atom. The van der Waals surface area contributed by atoms with Crippen molar-refractivity contribution in [2.45, 2.75) is 65.0 Å². The third-order valence-electron chi connectivity index (χ3n) is 12.3. The standard InChI is InChI=1S/C48H60Br2N12O2/c1-33-29-36(31-40(30-33)63-45-11-7-9-42(51-45)47-34(2)53-55-61(47)38-16-21-59(22-17-38)27-25-57(4)5)15-20-58(6)26-28-60-23-18-39(19-24-60)62-48(35(3)54-56-62)43-10-8-12-46(52-43)64-44-32-37(49)13-14-41(44)50/h7-14,29-32,38-39H,15-28H2,1-6H3. The zero-order valence-electron chi connectivity index (χ0n) is 37.9. The number of likely N-dealkylation sites (N-methyl/N-ethyl adjacent to an activating group) is 2. The smallest absolute Gasteiger partial charge is 0.219 e. The van der Waals surface area contributed by atoms with Gasteiger partial charge in [-0.25, -0.2) is 19.3 Å². The van der Waals surface area contributed by atoms with Crippen LogP contribution < -0.4 is 9.47 Å². The molecule has 0 spiro atoms. The number of hydrogen-bond donors (Lipinski definition) is 0. The number of likely N-dealkylation sites (tertiary alicyclic amines) is 2. The minimum absolute atomic E-state index is 0.252. The maximum atomic E-state index is 6.45. The van der Waals surface area contributed by atoms with E-state index in [1.165, 1.54) is 11.1 Å². The molecular formula is C48H60Br2N12O2. The van der Waals surface area contributed by atoms with Crippen molar-refractivity contribution in [3.05, 3.63) is 104 Å². The van der Waals surface area contributed by atoms with Gasteiger partial charge in [-0.2, -0.15) is 0 Å². The van der Waals surface area contributed by atoms with Gasteiger partial charge in [-0.15, -0.1) is 10.2 Å². The second-order valence-corrected chi connectivity index (χ2v) is 19.4. The molecule has 0 aliphatic carbocycles. The Kier molecular flexibility index (Phi) is 15.2. The minimum Gasteiger partial charge on any atom is -0.439 e. The highest BCUT2D eigenvalue weighted by Crippen LogP contribution is 2.35. The first-order chi connectivity index (χ1) is 30.9. The van der Waals surface area contributed by atoms with Crippen LogP contribution in [0.2, 0.25) is 0 Å². The van der Waals surface area contributed by atoms with Crippen molar-refractivity contribution in [3.63, 3.8) is 0 Å². The van der Waals surface area contributed by atoms with Crippen LogP contribution in [-0.2, 0) is 6.42 Å². The van der Waals surface area contributed by atoms with Gasteiger partial charge in [0.2, 0.25) is 11.8 Å². The Morgan fingerprint density at radius 3 is 1.78 bits per heavy atom. The van der Waals surface area contributed by atoms with Crippen LogP contribution in [0.3, 0.4) is 0 Å². The van der Waals surface area contributed by atoms with E-state index in [1.807, 2.05) is 68.4 Å². The average molecular weight is 997 g/mol. The maximum absolute atomic E-state index is 6.45. The van der Waals surface area contributed by atoms with Gasteiger partial charge in [-0.3, -0.25) is 0 Å². The molecule has 2 aliphatic rings. The monoisotopic (exact) mass is 994 g/mol. The second-order valence-electron chi connectivity index (χ2n) is 17.6. The van der Waals surface area contributed by atoms with E-state index in [0.29, 0.717) is 23.6 Å². The fourth-order valence-electron chi connectivity index (χ4n) is 8.75. The van der Waals surface area contributed by atoms with Crippen LogP contribution >= 0.6 is 31.9 Å². The zero-order chi connectivity index (χ0) is 44.7. The van der Waals surface area contributed by atoms with E-state index in [2.05, 4.69) is 128 Å². The van der Waals surface area contributed by atoms with Crippen LogP contribution in [0.15, 0.2) is 81.7 Å². The molecule has 14 nitrogen and oxygen atoms in total. The van der Waals surface area contributed by atoms with Gasteiger partial charge in [0.05, 0.1) is 39.3 Å². The van der Waals surface area contributed by atoms with E-state index in [9.17, 15) is 0 Å². The van der Waals surface area contributed by atoms with Crippen LogP contribution in [0.5, 0.6) is 23.3 Å². The molecule has 2 aromatic carbocycles. The van der Waals surface area contributed by atoms with Crippen LogP contribution in [-0.4, -0.2) is 140 Å². The molecule has 4 aromatic heterocycles. The summed E-state index contributed by atoms with van der Waals surface area (Å²) in [7, 11) is 6.48. The molecule has 0 radical (unpaired) electrons. The summed E-state index contributed by atoms with van der Waals surface area (Å²) in [6.07, 6.45) is 5.02. The lowest BCUT2D eigenvalue weighted by Crippen LogP contribution is -2.40. The molecule has 2 aliphatic heterocycles. The quantitative estimate of drug-likeness (QED) is 0.0868. The molecule has 16 heteroatoms. The largest absolute Gasteiger partial charge is 0.439 e. The Morgan fingerprint density at radius 1 is 0.641 bits per heavy atom. The van der Waals surface area contributed by atoms with Gasteiger partial charge >= 0.3 is 0 Å². The van der Waals surface area contributed by atoms with Gasteiger partial charge < -0.3 is 29.1 Å². The molecule has 2 saturated heterocycles. The number of benzene rings is 2. The second kappa shape index (κ2) is 21.2. The summed E-state index contributed by atoms with van der Waals surface area (Å²) in [6.45, 7) is 15.4. The van der Waals surface area contributed by atoms with E-state index < -0.39 is 0 Å². The third kappa shape index (κ3) is 11.6. The maximum Gasteiger partial charge on any atom is 0.219 e. The minimum atomic E-state index is 0.252. The number of rotatable bonds is 17. The van der Waals surface area contributed by atoms with Gasteiger partial charge in [0.1, 0.15) is 22.9 Å². The number of aryl methyl sites for hydroxylation is 3. The van der Waals surface area contributed by atoms with Crippen LogP contribution in [0, 0.1) is 20.8 Å². The number of nitrogens with zero attached hydrogens (tertiary/aromatic N) is 12. The predicted octanol–water partition coefficient (Wildman–Crippen LogP) is 9.04. The van der Waals surface area contributed by atoms with E-state index >= 15 is 0 Å². The van der Waals surface area contributed by atoms with Crippen LogP contribution in [0.25, 0.3) is 22.8 Å². The zero-order valence-corrected chi connectivity index (χ0v) is 41.1. The molecule has 0 unspecified atom stereocenters. The number of ether oxygens (including phenoxy) is 2. The Balaban J connectivity index is 0.818. The van der Waals surface area contributed by atoms with E-state index in [1.54, 1.807) is 0 Å². The average Bonchev–Trinajstić information content (AvgIpc) is 3.87. The first-order valence-electron chi connectivity index (χ1n) is 22.4. The molecule has 0 bridgehead atoms. The molecule has 338 valence electrons. The Bertz CT molecular complexity index is 2490. The number of pyridine rings is 2. The van der Waals surface area contributed by atoms with Crippen molar-refractivity contribution in [1.29, 1.82) is 0 Å². The van der Waals surface area contributed by atoms with Crippen molar-refractivity contribution in [3.8, 4) is 46.0 Å². The molecule has 6 aromatic rings. The lowest BCUT2D eigenvalue weighted by atomic mass is 10.0. The lowest BCUT2D eigenvalue weighted by molar-refractivity contribution is 0.161. The van der Waals surface area contributed by atoms with Gasteiger partial charge in [0.25, 0.3) is 0 Å².